The second kappa shape index (κ2) is 5.83. The van der Waals surface area contributed by atoms with Crippen LogP contribution in [0.3, 0.4) is 0 Å². The molecule has 0 saturated heterocycles. The predicted molar refractivity (Wildman–Crippen MR) is 78.6 cm³/mol. The van der Waals surface area contributed by atoms with Gasteiger partial charge in [-0.05, 0) is 54.6 Å². The Bertz CT molecular complexity index is 480. The van der Waals surface area contributed by atoms with Gasteiger partial charge >= 0.3 is 0 Å². The van der Waals surface area contributed by atoms with Crippen LogP contribution >= 0.6 is 38.5 Å². The average Bonchev–Trinajstić information content (AvgIpc) is 2.29. The van der Waals surface area contributed by atoms with Crippen molar-refractivity contribution in [1.82, 2.24) is 5.32 Å². The molecule has 0 unspecified atom stereocenters. The van der Waals surface area contributed by atoms with Crippen LogP contribution in [-0.4, -0.2) is 12.5 Å². The summed E-state index contributed by atoms with van der Waals surface area (Å²) in [7, 11) is 0. The molecule has 0 saturated carbocycles. The summed E-state index contributed by atoms with van der Waals surface area (Å²) in [5.41, 5.74) is 0.0707. The maximum atomic E-state index is 11.9. The van der Waals surface area contributed by atoms with Gasteiger partial charge in [0.2, 0.25) is 0 Å². The lowest BCUT2D eigenvalue weighted by Gasteiger charge is -2.16. The summed E-state index contributed by atoms with van der Waals surface area (Å²) in [6.45, 7) is 3.92. The van der Waals surface area contributed by atoms with Gasteiger partial charge in [0.25, 0.3) is 5.91 Å². The number of amides is 1. The third-order valence-corrected chi connectivity index (χ3v) is 3.60. The van der Waals surface area contributed by atoms with Crippen LogP contribution in [0.25, 0.3) is 0 Å². The number of halogens is 2. The third kappa shape index (κ3) is 4.28. The first-order chi connectivity index (χ1) is 7.85. The Hall–Kier alpha value is -0.610. The van der Waals surface area contributed by atoms with E-state index in [9.17, 15) is 4.79 Å². The molecular formula is C12H12BrIN2O. The van der Waals surface area contributed by atoms with Crippen molar-refractivity contribution in [2.75, 3.05) is 6.54 Å². The molecule has 0 aliphatic carbocycles. The minimum atomic E-state index is -0.549. The second-order valence-electron chi connectivity index (χ2n) is 4.30. The molecule has 17 heavy (non-hydrogen) atoms. The molecule has 1 aromatic rings. The standard InChI is InChI=1S/C12H12BrIN2O/c1-12(2,6-15)7-16-11(17)9-5-8(13)3-4-10(9)14/h3-5H,7H2,1-2H3,(H,16,17). The highest BCUT2D eigenvalue weighted by Crippen LogP contribution is 2.19. The van der Waals surface area contributed by atoms with E-state index in [1.165, 1.54) is 0 Å². The van der Waals surface area contributed by atoms with Crippen molar-refractivity contribution < 1.29 is 4.79 Å². The van der Waals surface area contributed by atoms with Crippen molar-refractivity contribution in [3.63, 3.8) is 0 Å². The van der Waals surface area contributed by atoms with Gasteiger partial charge in [0.05, 0.1) is 17.0 Å². The van der Waals surface area contributed by atoms with E-state index >= 15 is 0 Å². The smallest absolute Gasteiger partial charge is 0.252 e. The Kier molecular flexibility index (Phi) is 4.95. The number of hydrogen-bond donors (Lipinski definition) is 1. The van der Waals surface area contributed by atoms with Crippen LogP contribution in [0.5, 0.6) is 0 Å². The zero-order valence-electron chi connectivity index (χ0n) is 9.55. The zero-order chi connectivity index (χ0) is 13.1. The summed E-state index contributed by atoms with van der Waals surface area (Å²) in [5, 5.41) is 11.6. The molecule has 1 rings (SSSR count). The van der Waals surface area contributed by atoms with Crippen LogP contribution < -0.4 is 5.32 Å². The molecule has 0 radical (unpaired) electrons. The fraction of sp³-hybridized carbons (Fsp3) is 0.333. The first kappa shape index (κ1) is 14.5. The lowest BCUT2D eigenvalue weighted by Crippen LogP contribution is -2.33. The first-order valence-corrected chi connectivity index (χ1v) is 6.87. The van der Waals surface area contributed by atoms with Crippen molar-refractivity contribution in [3.8, 4) is 6.07 Å². The van der Waals surface area contributed by atoms with E-state index in [4.69, 9.17) is 5.26 Å². The number of carbonyl (C=O) groups is 1. The number of rotatable bonds is 3. The highest BCUT2D eigenvalue weighted by atomic mass is 127. The molecule has 5 heteroatoms. The van der Waals surface area contributed by atoms with Crippen molar-refractivity contribution in [3.05, 3.63) is 31.8 Å². The largest absolute Gasteiger partial charge is 0.350 e. The summed E-state index contributed by atoms with van der Waals surface area (Å²) in [5.74, 6) is -0.154. The molecule has 0 fully saturated rings. The van der Waals surface area contributed by atoms with Gasteiger partial charge in [0.15, 0.2) is 0 Å². The Morgan fingerprint density at radius 3 is 2.82 bits per heavy atom. The SMILES string of the molecule is CC(C)(C#N)CNC(=O)c1cc(Br)ccc1I. The quantitative estimate of drug-likeness (QED) is 0.782. The van der Waals surface area contributed by atoms with Gasteiger partial charge < -0.3 is 5.32 Å². The molecule has 0 aliphatic heterocycles. The highest BCUT2D eigenvalue weighted by Gasteiger charge is 2.19. The van der Waals surface area contributed by atoms with Crippen LogP contribution in [-0.2, 0) is 0 Å². The lowest BCUT2D eigenvalue weighted by atomic mass is 9.96. The monoisotopic (exact) mass is 406 g/mol. The maximum absolute atomic E-state index is 11.9. The first-order valence-electron chi connectivity index (χ1n) is 5.00. The van der Waals surface area contributed by atoms with Gasteiger partial charge in [-0.25, -0.2) is 0 Å². The molecule has 1 aromatic carbocycles. The molecular weight excluding hydrogens is 395 g/mol. The van der Waals surface area contributed by atoms with Crippen molar-refractivity contribution in [1.29, 1.82) is 5.26 Å². The van der Waals surface area contributed by atoms with Gasteiger partial charge in [-0.1, -0.05) is 15.9 Å². The summed E-state index contributed by atoms with van der Waals surface area (Å²) >= 11 is 5.45. The van der Waals surface area contributed by atoms with E-state index in [1.807, 2.05) is 12.1 Å². The van der Waals surface area contributed by atoms with Crippen LogP contribution in [0.4, 0.5) is 0 Å². The van der Waals surface area contributed by atoms with Gasteiger partial charge in [-0.3, -0.25) is 4.79 Å². The summed E-state index contributed by atoms with van der Waals surface area (Å²) < 4.78 is 1.75. The zero-order valence-corrected chi connectivity index (χ0v) is 13.3. The number of nitrogens with one attached hydrogen (secondary N) is 1. The average molecular weight is 407 g/mol. The number of nitrogens with zero attached hydrogens (tertiary/aromatic N) is 1. The van der Waals surface area contributed by atoms with E-state index in [0.717, 1.165) is 8.04 Å². The number of carbonyl (C=O) groups excluding carboxylic acids is 1. The van der Waals surface area contributed by atoms with E-state index < -0.39 is 5.41 Å². The van der Waals surface area contributed by atoms with Crippen molar-refractivity contribution in [2.24, 2.45) is 5.41 Å². The minimum absolute atomic E-state index is 0.154. The van der Waals surface area contributed by atoms with Crippen molar-refractivity contribution >= 4 is 44.4 Å². The Balaban J connectivity index is 2.78. The van der Waals surface area contributed by atoms with Crippen molar-refractivity contribution in [2.45, 2.75) is 13.8 Å². The summed E-state index contributed by atoms with van der Waals surface area (Å²) in [6.07, 6.45) is 0. The Morgan fingerprint density at radius 1 is 1.59 bits per heavy atom. The molecule has 0 atom stereocenters. The van der Waals surface area contributed by atoms with Crippen LogP contribution in [0.15, 0.2) is 22.7 Å². The normalized spacial score (nSPS) is 10.8. The summed E-state index contributed by atoms with van der Waals surface area (Å²) in [4.78, 5) is 11.9. The lowest BCUT2D eigenvalue weighted by molar-refractivity contribution is 0.0943. The van der Waals surface area contributed by atoms with E-state index in [1.54, 1.807) is 19.9 Å². The molecule has 0 aromatic heterocycles. The molecule has 1 N–H and O–H groups in total. The fourth-order valence-corrected chi connectivity index (χ4v) is 2.05. The molecule has 0 bridgehead atoms. The molecule has 3 nitrogen and oxygen atoms in total. The van der Waals surface area contributed by atoms with E-state index in [0.29, 0.717) is 12.1 Å². The summed E-state index contributed by atoms with van der Waals surface area (Å²) in [6, 6.07) is 7.68. The van der Waals surface area contributed by atoms with Crippen LogP contribution in [0.2, 0.25) is 0 Å². The Morgan fingerprint density at radius 2 is 2.24 bits per heavy atom. The number of hydrogen-bond acceptors (Lipinski definition) is 2. The van der Waals surface area contributed by atoms with Gasteiger partial charge in [-0.2, -0.15) is 5.26 Å². The molecule has 1 amide bonds. The fourth-order valence-electron chi connectivity index (χ4n) is 1.11. The van der Waals surface area contributed by atoms with Crippen LogP contribution in [0, 0.1) is 20.3 Å². The van der Waals surface area contributed by atoms with Gasteiger partial charge in [0, 0.05) is 14.6 Å². The maximum Gasteiger partial charge on any atom is 0.252 e. The number of benzene rings is 1. The molecule has 0 heterocycles. The van der Waals surface area contributed by atoms with Gasteiger partial charge in [0.1, 0.15) is 0 Å². The molecule has 0 spiro atoms. The minimum Gasteiger partial charge on any atom is -0.350 e. The van der Waals surface area contributed by atoms with Crippen LogP contribution in [0.1, 0.15) is 24.2 Å². The van der Waals surface area contributed by atoms with E-state index in [-0.39, 0.29) is 5.91 Å². The number of nitriles is 1. The molecule has 90 valence electrons. The Labute approximate surface area is 123 Å². The third-order valence-electron chi connectivity index (χ3n) is 2.17. The predicted octanol–water partition coefficient (Wildman–Crippen LogP) is 3.33. The van der Waals surface area contributed by atoms with E-state index in [2.05, 4.69) is 49.9 Å². The topological polar surface area (TPSA) is 52.9 Å². The second-order valence-corrected chi connectivity index (χ2v) is 6.38. The van der Waals surface area contributed by atoms with Gasteiger partial charge in [-0.15, -0.1) is 0 Å². The highest BCUT2D eigenvalue weighted by molar-refractivity contribution is 14.1. The molecule has 0 aliphatic rings.